The first kappa shape index (κ1) is 53.5. The Hall–Kier alpha value is -3.28. The quantitative estimate of drug-likeness (QED) is 0.0976. The SMILES string of the molecule is CCc1ncc(C)[nH]1.CCc1ncc(C)[nH]1.CCc1ncc(C)[nH]1.CCc1ncc(C)[nH]1.O.O=S(=O)([O-])C(F)(F)F.O=S(=O)([O-])C(F)(F)F.[Cu+2]. The Bertz CT molecular complexity index is 1470. The van der Waals surface area contributed by atoms with E-state index in [4.69, 9.17) is 25.9 Å². The number of aryl methyl sites for hydroxylation is 8. The minimum Gasteiger partial charge on any atom is -0.741 e. The number of hydrogen-bond donors (Lipinski definition) is 4. The fourth-order valence-electron chi connectivity index (χ4n) is 2.59. The maximum Gasteiger partial charge on any atom is 2.00 e. The Morgan fingerprint density at radius 2 is 0.660 bits per heavy atom. The van der Waals surface area contributed by atoms with Gasteiger partial charge in [-0.1, -0.05) is 27.7 Å². The van der Waals surface area contributed by atoms with Gasteiger partial charge >= 0.3 is 28.1 Å². The van der Waals surface area contributed by atoms with Gasteiger partial charge in [-0.25, -0.2) is 36.8 Å². The normalized spacial score (nSPS) is 10.7. The Kier molecular flexibility index (Phi) is 26.5. The monoisotopic (exact) mass is 819 g/mol. The first-order valence-electron chi connectivity index (χ1n) is 13.9. The molecule has 0 bridgehead atoms. The van der Waals surface area contributed by atoms with Crippen LogP contribution in [0, 0.1) is 27.7 Å². The number of alkyl halides is 6. The Balaban J connectivity index is -0.000000252. The van der Waals surface area contributed by atoms with Gasteiger partial charge in [-0.3, -0.25) is 0 Å². The minimum atomic E-state index is -6.09. The number of hydrogen-bond acceptors (Lipinski definition) is 10. The molecule has 0 aliphatic carbocycles. The second kappa shape index (κ2) is 24.8. The average Bonchev–Trinajstić information content (AvgIpc) is 3.77. The molecule has 0 aromatic carbocycles. The Morgan fingerprint density at radius 1 is 0.520 bits per heavy atom. The number of halogens is 6. The van der Waals surface area contributed by atoms with Crippen molar-refractivity contribution in [3.05, 3.63) is 70.9 Å². The molecule has 15 nitrogen and oxygen atoms in total. The second-order valence-electron chi connectivity index (χ2n) is 9.27. The largest absolute Gasteiger partial charge is 2.00 e. The van der Waals surface area contributed by atoms with Gasteiger partial charge in [-0.05, 0) is 27.7 Å². The molecule has 0 saturated heterocycles. The van der Waals surface area contributed by atoms with E-state index in [0.29, 0.717) is 0 Å². The Labute approximate surface area is 297 Å². The summed E-state index contributed by atoms with van der Waals surface area (Å²) in [5.41, 5.74) is -6.73. The summed E-state index contributed by atoms with van der Waals surface area (Å²) in [6.07, 6.45) is 11.4. The molecule has 0 aliphatic heterocycles. The molecule has 6 N–H and O–H groups in total. The van der Waals surface area contributed by atoms with Crippen LogP contribution in [0.15, 0.2) is 24.8 Å². The molecule has 0 spiro atoms. The van der Waals surface area contributed by atoms with E-state index in [1.165, 1.54) is 0 Å². The summed E-state index contributed by atoms with van der Waals surface area (Å²) in [6, 6.07) is 0. The standard InChI is InChI=1S/4C6H10N2.2CHF3O3S.Cu.H2O/c4*1-3-6-7-4-5(2)8-6;2*2-1(3,4)8(5,6)7;;/h4*4H,3H2,1-2H3,(H,7,8);2*(H,5,6,7);;1H2/q;;;;;;+2;/p-2. The molecule has 4 rings (SSSR count). The zero-order chi connectivity index (χ0) is 37.9. The van der Waals surface area contributed by atoms with Crippen molar-refractivity contribution in [2.45, 2.75) is 92.1 Å². The average molecular weight is 820 g/mol. The van der Waals surface area contributed by atoms with Crippen LogP contribution in [0.2, 0.25) is 0 Å². The third kappa shape index (κ3) is 24.8. The molecule has 293 valence electrons. The van der Waals surface area contributed by atoms with E-state index in [0.717, 1.165) is 71.8 Å². The third-order valence-electron chi connectivity index (χ3n) is 4.93. The number of nitrogens with one attached hydrogen (secondary N) is 4. The summed E-state index contributed by atoms with van der Waals surface area (Å²) in [6.45, 7) is 16.4. The molecule has 4 heterocycles. The molecule has 1 radical (unpaired) electrons. The number of nitrogens with zero attached hydrogens (tertiary/aromatic N) is 4. The molecule has 0 unspecified atom stereocenters. The van der Waals surface area contributed by atoms with Gasteiger partial charge in [-0.15, -0.1) is 0 Å². The summed E-state index contributed by atoms with van der Waals surface area (Å²) < 4.78 is 118. The van der Waals surface area contributed by atoms with Crippen molar-refractivity contribution in [1.29, 1.82) is 0 Å². The fraction of sp³-hybridized carbons (Fsp3) is 0.538. The first-order chi connectivity index (χ1) is 21.8. The number of aromatic nitrogens is 8. The summed E-state index contributed by atoms with van der Waals surface area (Å²) in [5, 5.41) is 0. The van der Waals surface area contributed by atoms with Crippen molar-refractivity contribution in [3.63, 3.8) is 0 Å². The van der Waals surface area contributed by atoms with Gasteiger partial charge in [0.2, 0.25) is 0 Å². The van der Waals surface area contributed by atoms with Crippen molar-refractivity contribution in [2.75, 3.05) is 0 Å². The summed E-state index contributed by atoms with van der Waals surface area (Å²) >= 11 is 0. The van der Waals surface area contributed by atoms with Crippen LogP contribution in [0.1, 0.15) is 73.8 Å². The van der Waals surface area contributed by atoms with E-state index < -0.39 is 31.3 Å². The topological polar surface area (TPSA) is 261 Å². The van der Waals surface area contributed by atoms with Crippen LogP contribution in [-0.2, 0) is 63.0 Å². The van der Waals surface area contributed by atoms with Crippen LogP contribution < -0.4 is 0 Å². The van der Waals surface area contributed by atoms with E-state index in [2.05, 4.69) is 67.6 Å². The molecular formula is C26H42CuF6N8O7S2. The third-order valence-corrected chi connectivity index (χ3v) is 6.06. The summed E-state index contributed by atoms with van der Waals surface area (Å²) in [7, 11) is -12.2. The molecule has 4 aromatic rings. The molecular weight excluding hydrogens is 778 g/mol. The first-order valence-corrected chi connectivity index (χ1v) is 16.7. The predicted molar refractivity (Wildman–Crippen MR) is 166 cm³/mol. The molecule has 0 atom stereocenters. The molecule has 4 aromatic heterocycles. The maximum atomic E-state index is 10.7. The van der Waals surface area contributed by atoms with E-state index in [1.54, 1.807) is 0 Å². The smallest absolute Gasteiger partial charge is 0.741 e. The van der Waals surface area contributed by atoms with Crippen LogP contribution in [-0.4, -0.2) is 82.3 Å². The van der Waals surface area contributed by atoms with E-state index in [1.807, 2.05) is 52.5 Å². The number of aromatic amines is 4. The molecule has 0 fully saturated rings. The van der Waals surface area contributed by atoms with Crippen molar-refractivity contribution in [3.8, 4) is 0 Å². The maximum absolute atomic E-state index is 10.7. The van der Waals surface area contributed by atoms with Gasteiger partial charge in [0.15, 0.2) is 20.2 Å². The number of imidazole rings is 4. The van der Waals surface area contributed by atoms with Gasteiger partial charge in [0.05, 0.1) is 0 Å². The van der Waals surface area contributed by atoms with Crippen LogP contribution in [0.5, 0.6) is 0 Å². The van der Waals surface area contributed by atoms with Crippen LogP contribution >= 0.6 is 0 Å². The van der Waals surface area contributed by atoms with Gasteiger partial charge in [0.1, 0.15) is 23.3 Å². The van der Waals surface area contributed by atoms with Gasteiger partial charge < -0.3 is 34.5 Å². The molecule has 50 heavy (non-hydrogen) atoms. The van der Waals surface area contributed by atoms with E-state index >= 15 is 0 Å². The van der Waals surface area contributed by atoms with Crippen molar-refractivity contribution >= 4 is 20.2 Å². The van der Waals surface area contributed by atoms with Crippen molar-refractivity contribution in [2.24, 2.45) is 0 Å². The molecule has 0 amide bonds. The fourth-order valence-corrected chi connectivity index (χ4v) is 2.59. The van der Waals surface area contributed by atoms with Crippen LogP contribution in [0.3, 0.4) is 0 Å². The zero-order valence-corrected chi connectivity index (χ0v) is 30.8. The molecule has 0 saturated carbocycles. The zero-order valence-electron chi connectivity index (χ0n) is 28.3. The summed E-state index contributed by atoms with van der Waals surface area (Å²) in [5.74, 6) is 4.29. The number of H-pyrrole nitrogens is 4. The van der Waals surface area contributed by atoms with Crippen LogP contribution in [0.4, 0.5) is 26.3 Å². The van der Waals surface area contributed by atoms with Gasteiger partial charge in [0, 0.05) is 73.2 Å². The van der Waals surface area contributed by atoms with E-state index in [-0.39, 0.29) is 22.5 Å². The van der Waals surface area contributed by atoms with Crippen LogP contribution in [0.25, 0.3) is 0 Å². The second-order valence-corrected chi connectivity index (χ2v) is 12.0. The molecule has 0 aliphatic rings. The van der Waals surface area contributed by atoms with Crippen molar-refractivity contribution in [1.82, 2.24) is 39.9 Å². The van der Waals surface area contributed by atoms with Crippen molar-refractivity contribution < 1.29 is 74.8 Å². The predicted octanol–water partition coefficient (Wildman–Crippen LogP) is 4.40. The number of rotatable bonds is 4. The minimum absolute atomic E-state index is 0. The molecule has 24 heteroatoms. The van der Waals surface area contributed by atoms with Gasteiger partial charge in [-0.2, -0.15) is 26.3 Å². The van der Waals surface area contributed by atoms with Gasteiger partial charge in [0.25, 0.3) is 0 Å². The summed E-state index contributed by atoms with van der Waals surface area (Å²) in [4.78, 5) is 28.8. The van der Waals surface area contributed by atoms with E-state index in [9.17, 15) is 26.3 Å². The Morgan fingerprint density at radius 3 is 0.700 bits per heavy atom.